The van der Waals surface area contributed by atoms with E-state index < -0.39 is 29.4 Å². The number of para-hydroxylation sites is 1. The second-order valence-corrected chi connectivity index (χ2v) is 7.29. The van der Waals surface area contributed by atoms with Gasteiger partial charge in [0, 0.05) is 23.5 Å². The Kier molecular flexibility index (Phi) is 6.71. The Hall–Kier alpha value is -3.65. The van der Waals surface area contributed by atoms with Gasteiger partial charge in [-0.05, 0) is 24.1 Å². The lowest BCUT2D eigenvalue weighted by Gasteiger charge is -2.27. The van der Waals surface area contributed by atoms with E-state index in [0.717, 1.165) is 16.5 Å². The van der Waals surface area contributed by atoms with E-state index in [1.54, 1.807) is 18.3 Å². The topological polar surface area (TPSA) is 124 Å². The van der Waals surface area contributed by atoms with Crippen molar-refractivity contribution in [3.8, 4) is 0 Å². The number of hydrogen-bond donors (Lipinski definition) is 3. The molecule has 2 atom stereocenters. The van der Waals surface area contributed by atoms with Gasteiger partial charge in [0.2, 0.25) is 0 Å². The highest BCUT2D eigenvalue weighted by Crippen LogP contribution is 2.23. The van der Waals surface area contributed by atoms with Crippen LogP contribution in [-0.4, -0.2) is 41.5 Å². The summed E-state index contributed by atoms with van der Waals surface area (Å²) in [6, 6.07) is 15.6. The third kappa shape index (κ3) is 4.92. The average Bonchev–Trinajstić information content (AvgIpc) is 3.19. The first-order chi connectivity index (χ1) is 14.8. The molecule has 8 heteroatoms. The molecule has 31 heavy (non-hydrogen) atoms. The maximum absolute atomic E-state index is 13.1. The Morgan fingerprint density at radius 1 is 1.10 bits per heavy atom. The van der Waals surface area contributed by atoms with Crippen LogP contribution in [0.4, 0.5) is 0 Å². The molecule has 162 valence electrons. The third-order valence-corrected chi connectivity index (χ3v) is 5.03. The zero-order valence-electron chi connectivity index (χ0n) is 17.4. The third-order valence-electron chi connectivity index (χ3n) is 5.03. The largest absolute Gasteiger partial charge is 0.467 e. The van der Waals surface area contributed by atoms with Crippen LogP contribution in [0.1, 0.15) is 18.1 Å². The van der Waals surface area contributed by atoms with Crippen molar-refractivity contribution in [3.05, 3.63) is 71.9 Å². The molecule has 1 heterocycles. The number of benzene rings is 2. The number of rotatable bonds is 8. The van der Waals surface area contributed by atoms with Gasteiger partial charge in [-0.1, -0.05) is 48.5 Å². The van der Waals surface area contributed by atoms with Crippen LogP contribution in [0.5, 0.6) is 0 Å². The van der Waals surface area contributed by atoms with Crippen LogP contribution in [0, 0.1) is 0 Å². The highest BCUT2D eigenvalue weighted by Gasteiger charge is 2.45. The van der Waals surface area contributed by atoms with Gasteiger partial charge in [-0.2, -0.15) is 0 Å². The van der Waals surface area contributed by atoms with E-state index in [-0.39, 0.29) is 13.0 Å². The van der Waals surface area contributed by atoms with Gasteiger partial charge in [-0.15, -0.1) is 0 Å². The van der Waals surface area contributed by atoms with Crippen molar-refractivity contribution >= 4 is 28.7 Å². The highest BCUT2D eigenvalue weighted by molar-refractivity contribution is 6.08. The number of methoxy groups -OCH3 is 1. The number of carbonyl (C=O) groups is 3. The number of amides is 1. The Bertz CT molecular complexity index is 1080. The van der Waals surface area contributed by atoms with E-state index in [4.69, 9.17) is 10.5 Å². The van der Waals surface area contributed by atoms with Crippen molar-refractivity contribution in [1.29, 1.82) is 0 Å². The van der Waals surface area contributed by atoms with Gasteiger partial charge in [0.05, 0.1) is 7.11 Å². The molecule has 0 unspecified atom stereocenters. The monoisotopic (exact) mass is 423 g/mol. The van der Waals surface area contributed by atoms with E-state index in [0.29, 0.717) is 5.56 Å². The van der Waals surface area contributed by atoms with Crippen molar-refractivity contribution in [2.24, 2.45) is 5.73 Å². The predicted molar refractivity (Wildman–Crippen MR) is 115 cm³/mol. The molecule has 0 bridgehead atoms. The molecular weight excluding hydrogens is 398 g/mol. The fourth-order valence-electron chi connectivity index (χ4n) is 3.24. The average molecular weight is 423 g/mol. The molecule has 3 aromatic rings. The van der Waals surface area contributed by atoms with E-state index in [2.05, 4.69) is 15.0 Å². The summed E-state index contributed by atoms with van der Waals surface area (Å²) in [4.78, 5) is 40.9. The zero-order chi connectivity index (χ0) is 22.4. The number of ether oxygens (including phenoxy) is 2. The zero-order valence-corrected chi connectivity index (χ0v) is 17.4. The van der Waals surface area contributed by atoms with E-state index in [1.165, 1.54) is 14.0 Å². The molecule has 1 amide bonds. The quantitative estimate of drug-likeness (QED) is 0.375. The highest BCUT2D eigenvalue weighted by atomic mass is 16.5. The molecule has 0 aliphatic carbocycles. The smallest absolute Gasteiger partial charge is 0.336 e. The molecule has 0 saturated heterocycles. The lowest BCUT2D eigenvalue weighted by molar-refractivity contribution is -0.157. The normalized spacial score (nSPS) is 13.8. The number of hydrogen-bond acceptors (Lipinski definition) is 6. The Balaban J connectivity index is 1.87. The number of carbonyl (C=O) groups excluding carboxylic acids is 3. The second kappa shape index (κ2) is 9.44. The van der Waals surface area contributed by atoms with Gasteiger partial charge in [0.15, 0.2) is 5.54 Å². The molecular formula is C23H25N3O5. The first-order valence-corrected chi connectivity index (χ1v) is 9.79. The molecule has 1 aromatic heterocycles. The van der Waals surface area contributed by atoms with Crippen LogP contribution in [0.2, 0.25) is 0 Å². The Morgan fingerprint density at radius 3 is 2.48 bits per heavy atom. The molecule has 0 saturated carbocycles. The van der Waals surface area contributed by atoms with Crippen molar-refractivity contribution in [2.45, 2.75) is 31.5 Å². The summed E-state index contributed by atoms with van der Waals surface area (Å²) in [5.41, 5.74) is 6.60. The van der Waals surface area contributed by atoms with Crippen molar-refractivity contribution in [3.63, 3.8) is 0 Å². The first kappa shape index (κ1) is 22.0. The van der Waals surface area contributed by atoms with Crippen molar-refractivity contribution < 1.29 is 23.9 Å². The summed E-state index contributed by atoms with van der Waals surface area (Å²) in [6.07, 6.45) is 1.58. The Morgan fingerprint density at radius 2 is 1.77 bits per heavy atom. The van der Waals surface area contributed by atoms with Crippen molar-refractivity contribution in [1.82, 2.24) is 10.3 Å². The molecule has 2 aromatic carbocycles. The van der Waals surface area contributed by atoms with Crippen LogP contribution >= 0.6 is 0 Å². The number of H-pyrrole nitrogens is 1. The van der Waals surface area contributed by atoms with Crippen molar-refractivity contribution in [2.75, 3.05) is 7.11 Å². The maximum atomic E-state index is 13.1. The minimum atomic E-state index is -2.05. The van der Waals surface area contributed by atoms with Crippen LogP contribution < -0.4 is 11.1 Å². The summed E-state index contributed by atoms with van der Waals surface area (Å²) in [7, 11) is 1.21. The van der Waals surface area contributed by atoms with E-state index >= 15 is 0 Å². The number of esters is 2. The van der Waals surface area contributed by atoms with Gasteiger partial charge < -0.3 is 25.5 Å². The summed E-state index contributed by atoms with van der Waals surface area (Å²) < 4.78 is 10.0. The molecule has 0 aliphatic rings. The minimum Gasteiger partial charge on any atom is -0.467 e. The lowest BCUT2D eigenvalue weighted by Crippen LogP contribution is -2.63. The molecule has 0 aliphatic heterocycles. The minimum absolute atomic E-state index is 0.0354. The van der Waals surface area contributed by atoms with E-state index in [9.17, 15) is 14.4 Å². The predicted octanol–water partition coefficient (Wildman–Crippen LogP) is 1.83. The summed E-state index contributed by atoms with van der Waals surface area (Å²) in [5.74, 6) is -2.37. The number of aromatic nitrogens is 1. The first-order valence-electron chi connectivity index (χ1n) is 9.79. The molecule has 0 radical (unpaired) electrons. The van der Waals surface area contributed by atoms with Crippen LogP contribution in [0.15, 0.2) is 60.8 Å². The fraction of sp³-hybridized carbons (Fsp3) is 0.261. The van der Waals surface area contributed by atoms with Crippen LogP contribution in [-0.2, 0) is 36.9 Å². The van der Waals surface area contributed by atoms with Gasteiger partial charge in [-0.25, -0.2) is 9.59 Å². The van der Waals surface area contributed by atoms with Crippen LogP contribution in [0.3, 0.4) is 0 Å². The van der Waals surface area contributed by atoms with Gasteiger partial charge in [-0.3, -0.25) is 4.79 Å². The standard InChI is InChI=1S/C23H25N3O5/c1-15(20(27)30-2)26-21(28)23(24,22(29)31-14-16-8-4-3-5-9-16)12-17-13-25-19-11-7-6-10-18(17)19/h3-11,13,15,25H,12,14,24H2,1-2H3,(H,26,28)/t15-,23+/m0/s1. The lowest BCUT2D eigenvalue weighted by atomic mass is 9.90. The summed E-state index contributed by atoms with van der Waals surface area (Å²) in [6.45, 7) is 1.41. The van der Waals surface area contributed by atoms with Gasteiger partial charge in [0.25, 0.3) is 5.91 Å². The number of aromatic amines is 1. The van der Waals surface area contributed by atoms with Gasteiger partial charge in [0.1, 0.15) is 12.6 Å². The molecule has 0 fully saturated rings. The summed E-state index contributed by atoms with van der Waals surface area (Å²) in [5, 5.41) is 3.30. The second-order valence-electron chi connectivity index (χ2n) is 7.29. The molecule has 4 N–H and O–H groups in total. The summed E-state index contributed by atoms with van der Waals surface area (Å²) >= 11 is 0. The molecule has 3 rings (SSSR count). The number of nitrogens with one attached hydrogen (secondary N) is 2. The number of nitrogens with two attached hydrogens (primary N) is 1. The van der Waals surface area contributed by atoms with Crippen LogP contribution in [0.25, 0.3) is 10.9 Å². The van der Waals surface area contributed by atoms with E-state index in [1.807, 2.05) is 42.5 Å². The molecule has 0 spiro atoms. The maximum Gasteiger partial charge on any atom is 0.336 e. The SMILES string of the molecule is COC(=O)[C@H](C)NC(=O)[C@](N)(Cc1c[nH]c2ccccc12)C(=O)OCc1ccccc1. The molecule has 8 nitrogen and oxygen atoms in total. The fourth-order valence-corrected chi connectivity index (χ4v) is 3.24. The number of fused-ring (bicyclic) bond motifs is 1. The van der Waals surface area contributed by atoms with Gasteiger partial charge >= 0.3 is 11.9 Å². The Labute approximate surface area is 179 Å².